The van der Waals surface area contributed by atoms with Gasteiger partial charge in [-0.1, -0.05) is 17.7 Å². The fraction of sp³-hybridized carbons (Fsp3) is 0.600. The van der Waals surface area contributed by atoms with Crippen LogP contribution in [0.3, 0.4) is 0 Å². The maximum Gasteiger partial charge on any atom is 0.0584 e. The number of hydrogen-bond acceptors (Lipinski definition) is 3. The van der Waals surface area contributed by atoms with E-state index in [1.165, 1.54) is 29.7 Å². The highest BCUT2D eigenvalue weighted by molar-refractivity contribution is 5.57. The molecule has 0 atom stereocenters. The molecule has 1 N–H and O–H groups in total. The minimum absolute atomic E-state index is 0.0283. The van der Waals surface area contributed by atoms with Crippen LogP contribution in [0.25, 0.3) is 0 Å². The summed E-state index contributed by atoms with van der Waals surface area (Å²) in [7, 11) is 0. The van der Waals surface area contributed by atoms with Crippen molar-refractivity contribution in [3.05, 3.63) is 29.3 Å². The Kier molecular flexibility index (Phi) is 3.04. The van der Waals surface area contributed by atoms with Crippen molar-refractivity contribution in [2.45, 2.75) is 19.8 Å². The van der Waals surface area contributed by atoms with Crippen molar-refractivity contribution in [3.63, 3.8) is 0 Å². The summed E-state index contributed by atoms with van der Waals surface area (Å²) < 4.78 is 5.29. The van der Waals surface area contributed by atoms with E-state index >= 15 is 0 Å². The van der Waals surface area contributed by atoms with Gasteiger partial charge in [-0.25, -0.2) is 0 Å². The summed E-state index contributed by atoms with van der Waals surface area (Å²) in [6.45, 7) is 5.78. The Balaban J connectivity index is 1.83. The summed E-state index contributed by atoms with van der Waals surface area (Å²) >= 11 is 0. The second kappa shape index (κ2) is 4.56. The molecule has 98 valence electrons. The van der Waals surface area contributed by atoms with Crippen LogP contribution in [0.4, 0.5) is 5.69 Å². The second-order valence-electron chi connectivity index (χ2n) is 5.81. The molecule has 0 aliphatic carbocycles. The molecule has 0 aromatic heterocycles. The standard InChI is InChI=1S/C15H21NO2/c1-12-4-5-14-13(7-12)3-2-6-16(14)8-15(9-17)10-18-11-15/h4-5,7,17H,2-3,6,8-11H2,1H3. The van der Waals surface area contributed by atoms with E-state index in [0.717, 1.165) is 13.1 Å². The Hall–Kier alpha value is -1.06. The first-order valence-corrected chi connectivity index (χ1v) is 6.76. The zero-order valence-corrected chi connectivity index (χ0v) is 11.0. The number of aliphatic hydroxyl groups is 1. The molecule has 1 aromatic carbocycles. The number of benzene rings is 1. The summed E-state index contributed by atoms with van der Waals surface area (Å²) in [6, 6.07) is 6.71. The molecule has 0 radical (unpaired) electrons. The lowest BCUT2D eigenvalue weighted by molar-refractivity contribution is -0.131. The Morgan fingerprint density at radius 3 is 2.89 bits per heavy atom. The normalized spacial score (nSPS) is 21.3. The third-order valence-electron chi connectivity index (χ3n) is 4.13. The van der Waals surface area contributed by atoms with Gasteiger partial charge in [-0.2, -0.15) is 0 Å². The molecule has 3 heteroatoms. The molecule has 2 heterocycles. The van der Waals surface area contributed by atoms with Crippen molar-refractivity contribution < 1.29 is 9.84 Å². The molecule has 2 aliphatic heterocycles. The predicted octanol–water partition coefficient (Wildman–Crippen LogP) is 1.76. The molecule has 0 saturated carbocycles. The van der Waals surface area contributed by atoms with E-state index in [-0.39, 0.29) is 12.0 Å². The van der Waals surface area contributed by atoms with Gasteiger partial charge in [-0.3, -0.25) is 0 Å². The Labute approximate surface area is 108 Å². The lowest BCUT2D eigenvalue weighted by atomic mass is 9.85. The van der Waals surface area contributed by atoms with Crippen LogP contribution >= 0.6 is 0 Å². The van der Waals surface area contributed by atoms with Crippen LogP contribution < -0.4 is 4.90 Å². The molecule has 3 nitrogen and oxygen atoms in total. The smallest absolute Gasteiger partial charge is 0.0584 e. The summed E-state index contributed by atoms with van der Waals surface area (Å²) in [5, 5.41) is 9.55. The maximum absolute atomic E-state index is 9.55. The number of aryl methyl sites for hydroxylation is 2. The minimum Gasteiger partial charge on any atom is -0.396 e. The zero-order chi connectivity index (χ0) is 12.6. The highest BCUT2D eigenvalue weighted by Crippen LogP contribution is 2.34. The van der Waals surface area contributed by atoms with Gasteiger partial charge in [-0.15, -0.1) is 0 Å². The first-order valence-electron chi connectivity index (χ1n) is 6.76. The average molecular weight is 247 g/mol. The van der Waals surface area contributed by atoms with Gasteiger partial charge in [0.15, 0.2) is 0 Å². The third-order valence-corrected chi connectivity index (χ3v) is 4.13. The molecule has 0 spiro atoms. The van der Waals surface area contributed by atoms with E-state index in [0.29, 0.717) is 13.2 Å². The van der Waals surface area contributed by atoms with E-state index < -0.39 is 0 Å². The second-order valence-corrected chi connectivity index (χ2v) is 5.81. The Morgan fingerprint density at radius 2 is 2.22 bits per heavy atom. The quantitative estimate of drug-likeness (QED) is 0.883. The lowest BCUT2D eigenvalue weighted by Gasteiger charge is -2.45. The van der Waals surface area contributed by atoms with Gasteiger partial charge in [0.05, 0.1) is 25.2 Å². The molecule has 0 amide bonds. The maximum atomic E-state index is 9.55. The average Bonchev–Trinajstić information content (AvgIpc) is 2.33. The monoisotopic (exact) mass is 247 g/mol. The van der Waals surface area contributed by atoms with Crippen molar-refractivity contribution in [2.75, 3.05) is 37.8 Å². The van der Waals surface area contributed by atoms with Crippen molar-refractivity contribution in [1.29, 1.82) is 0 Å². The van der Waals surface area contributed by atoms with Crippen LogP contribution in [0.5, 0.6) is 0 Å². The van der Waals surface area contributed by atoms with Gasteiger partial charge in [0.2, 0.25) is 0 Å². The van der Waals surface area contributed by atoms with Crippen LogP contribution in [-0.2, 0) is 11.2 Å². The summed E-state index contributed by atoms with van der Waals surface area (Å²) in [5.74, 6) is 0. The van der Waals surface area contributed by atoms with Crippen molar-refractivity contribution in [1.82, 2.24) is 0 Å². The molecule has 2 aliphatic rings. The van der Waals surface area contributed by atoms with Crippen LogP contribution in [0.2, 0.25) is 0 Å². The van der Waals surface area contributed by atoms with Gasteiger partial charge < -0.3 is 14.7 Å². The highest BCUT2D eigenvalue weighted by atomic mass is 16.5. The number of hydrogen-bond donors (Lipinski definition) is 1. The summed E-state index contributed by atoms with van der Waals surface area (Å²) in [4.78, 5) is 2.43. The molecule has 1 aromatic rings. The molecule has 0 bridgehead atoms. The van der Waals surface area contributed by atoms with E-state index in [1.807, 2.05) is 0 Å². The van der Waals surface area contributed by atoms with E-state index in [9.17, 15) is 5.11 Å². The Morgan fingerprint density at radius 1 is 1.39 bits per heavy atom. The largest absolute Gasteiger partial charge is 0.396 e. The van der Waals surface area contributed by atoms with E-state index in [2.05, 4.69) is 30.0 Å². The molecule has 1 saturated heterocycles. The van der Waals surface area contributed by atoms with Crippen molar-refractivity contribution in [3.8, 4) is 0 Å². The van der Waals surface area contributed by atoms with Crippen LogP contribution in [0.15, 0.2) is 18.2 Å². The van der Waals surface area contributed by atoms with Gasteiger partial charge in [0, 0.05) is 18.8 Å². The third kappa shape index (κ3) is 2.02. The minimum atomic E-state index is -0.0283. The fourth-order valence-electron chi connectivity index (χ4n) is 3.00. The first kappa shape index (κ1) is 12.0. The molecular formula is C15H21NO2. The number of nitrogens with zero attached hydrogens (tertiary/aromatic N) is 1. The number of ether oxygens (including phenoxy) is 1. The zero-order valence-electron chi connectivity index (χ0n) is 11.0. The van der Waals surface area contributed by atoms with Crippen LogP contribution in [-0.4, -0.2) is 38.0 Å². The molecule has 1 fully saturated rings. The first-order chi connectivity index (χ1) is 8.72. The van der Waals surface area contributed by atoms with Crippen molar-refractivity contribution in [2.24, 2.45) is 5.41 Å². The fourth-order valence-corrected chi connectivity index (χ4v) is 3.00. The van der Waals surface area contributed by atoms with Gasteiger partial charge >= 0.3 is 0 Å². The SMILES string of the molecule is Cc1ccc2c(c1)CCCN2CC1(CO)COC1. The number of anilines is 1. The van der Waals surface area contributed by atoms with Gasteiger partial charge in [0.1, 0.15) is 0 Å². The topological polar surface area (TPSA) is 32.7 Å². The number of rotatable bonds is 3. The van der Waals surface area contributed by atoms with Crippen LogP contribution in [0.1, 0.15) is 17.5 Å². The molecule has 18 heavy (non-hydrogen) atoms. The molecule has 0 unspecified atom stereocenters. The Bertz CT molecular complexity index is 435. The summed E-state index contributed by atoms with van der Waals surface area (Å²) in [6.07, 6.45) is 2.38. The summed E-state index contributed by atoms with van der Waals surface area (Å²) in [5.41, 5.74) is 4.11. The van der Waals surface area contributed by atoms with E-state index in [1.54, 1.807) is 0 Å². The lowest BCUT2D eigenvalue weighted by Crippen LogP contribution is -2.54. The molecule has 3 rings (SSSR count). The van der Waals surface area contributed by atoms with Crippen LogP contribution in [0, 0.1) is 12.3 Å². The number of fused-ring (bicyclic) bond motifs is 1. The van der Waals surface area contributed by atoms with Gasteiger partial charge in [0.25, 0.3) is 0 Å². The highest BCUT2D eigenvalue weighted by Gasteiger charge is 2.40. The van der Waals surface area contributed by atoms with Crippen molar-refractivity contribution >= 4 is 5.69 Å². The van der Waals surface area contributed by atoms with Gasteiger partial charge in [-0.05, 0) is 31.4 Å². The van der Waals surface area contributed by atoms with E-state index in [4.69, 9.17) is 4.74 Å². The number of aliphatic hydroxyl groups excluding tert-OH is 1. The predicted molar refractivity (Wildman–Crippen MR) is 72.1 cm³/mol. The molecular weight excluding hydrogens is 226 g/mol.